The normalized spacial score (nSPS) is 16.6. The number of rotatable bonds is 6. The van der Waals surface area contributed by atoms with Crippen molar-refractivity contribution in [1.29, 1.82) is 0 Å². The van der Waals surface area contributed by atoms with Crippen molar-refractivity contribution in [3.63, 3.8) is 0 Å². The number of carbonyl (C=O) groups excluding carboxylic acids is 1. The number of hydrogen-bond acceptors (Lipinski definition) is 4. The molecule has 28 heavy (non-hydrogen) atoms. The predicted molar refractivity (Wildman–Crippen MR) is 103 cm³/mol. The van der Waals surface area contributed by atoms with Crippen molar-refractivity contribution >= 4 is 15.9 Å². The first-order valence-corrected chi connectivity index (χ1v) is 10.6. The summed E-state index contributed by atoms with van der Waals surface area (Å²) in [6, 6.07) is 14.4. The number of hydrogen-bond donors (Lipinski definition) is 0. The van der Waals surface area contributed by atoms with E-state index < -0.39 is 21.9 Å². The Labute approximate surface area is 164 Å². The van der Waals surface area contributed by atoms with Crippen LogP contribution < -0.4 is 4.74 Å². The largest absolute Gasteiger partial charge is 0.481 e. The fourth-order valence-corrected chi connectivity index (χ4v) is 4.60. The number of piperazine rings is 1. The van der Waals surface area contributed by atoms with Crippen LogP contribution in [0, 0.1) is 5.82 Å². The van der Waals surface area contributed by atoms with E-state index >= 15 is 0 Å². The van der Waals surface area contributed by atoms with Gasteiger partial charge in [-0.2, -0.15) is 4.31 Å². The molecule has 0 aliphatic carbocycles. The molecule has 0 saturated carbocycles. The van der Waals surface area contributed by atoms with E-state index in [4.69, 9.17) is 4.74 Å². The van der Waals surface area contributed by atoms with E-state index in [1.165, 1.54) is 22.5 Å². The molecule has 150 valence electrons. The molecule has 1 fully saturated rings. The highest BCUT2D eigenvalue weighted by Crippen LogP contribution is 2.21. The van der Waals surface area contributed by atoms with Crippen LogP contribution in [0.15, 0.2) is 59.5 Å². The molecule has 1 aliphatic rings. The van der Waals surface area contributed by atoms with Gasteiger partial charge in [0.25, 0.3) is 5.91 Å². The van der Waals surface area contributed by atoms with E-state index in [2.05, 4.69) is 0 Å². The molecule has 1 aliphatic heterocycles. The summed E-state index contributed by atoms with van der Waals surface area (Å²) < 4.78 is 46.3. The van der Waals surface area contributed by atoms with Gasteiger partial charge in [0.15, 0.2) is 6.10 Å². The fourth-order valence-electron chi connectivity index (χ4n) is 3.12. The molecular weight excluding hydrogens is 383 g/mol. The number of nitrogens with zero attached hydrogens (tertiary/aromatic N) is 2. The number of amides is 1. The molecule has 3 rings (SSSR count). The monoisotopic (exact) mass is 406 g/mol. The summed E-state index contributed by atoms with van der Waals surface area (Å²) in [6.45, 7) is 2.57. The van der Waals surface area contributed by atoms with Gasteiger partial charge in [-0.3, -0.25) is 4.79 Å². The lowest BCUT2D eigenvalue weighted by Gasteiger charge is -2.35. The van der Waals surface area contributed by atoms with Crippen molar-refractivity contribution in [1.82, 2.24) is 9.21 Å². The maximum Gasteiger partial charge on any atom is 0.263 e. The summed E-state index contributed by atoms with van der Waals surface area (Å²) in [6.07, 6.45) is -0.126. The third-order valence-corrected chi connectivity index (χ3v) is 6.60. The highest BCUT2D eigenvalue weighted by Gasteiger charge is 2.33. The minimum Gasteiger partial charge on any atom is -0.481 e. The number of ether oxygens (including phenoxy) is 1. The SMILES string of the molecule is CC[C@@H](Oc1ccccc1)C(=O)N1CCN(S(=O)(=O)c2ccccc2F)CC1. The zero-order chi connectivity index (χ0) is 20.1. The first-order chi connectivity index (χ1) is 13.4. The summed E-state index contributed by atoms with van der Waals surface area (Å²) in [5, 5.41) is 0. The van der Waals surface area contributed by atoms with Gasteiger partial charge < -0.3 is 9.64 Å². The second kappa shape index (κ2) is 8.70. The van der Waals surface area contributed by atoms with Crippen LogP contribution in [0.2, 0.25) is 0 Å². The first kappa shape index (κ1) is 20.3. The minimum absolute atomic E-state index is 0.115. The van der Waals surface area contributed by atoms with E-state index in [-0.39, 0.29) is 37.0 Å². The van der Waals surface area contributed by atoms with E-state index in [1.54, 1.807) is 17.0 Å². The van der Waals surface area contributed by atoms with Crippen molar-refractivity contribution < 1.29 is 22.3 Å². The summed E-state index contributed by atoms with van der Waals surface area (Å²) in [4.78, 5) is 14.0. The molecule has 1 atom stereocenters. The summed E-state index contributed by atoms with van der Waals surface area (Å²) in [5.74, 6) is -0.332. The average molecular weight is 406 g/mol. The smallest absolute Gasteiger partial charge is 0.263 e. The molecule has 1 heterocycles. The second-order valence-electron chi connectivity index (χ2n) is 6.49. The number of para-hydroxylation sites is 1. The van der Waals surface area contributed by atoms with Gasteiger partial charge in [-0.15, -0.1) is 0 Å². The van der Waals surface area contributed by atoms with Gasteiger partial charge in [0.05, 0.1) is 0 Å². The number of benzene rings is 2. The standard InChI is InChI=1S/C20H23FN2O4S/c1-2-18(27-16-8-4-3-5-9-16)20(24)22-12-14-23(15-13-22)28(25,26)19-11-7-6-10-17(19)21/h3-11,18H,2,12-15H2,1H3/t18-/m1/s1. The maximum absolute atomic E-state index is 13.9. The molecule has 0 aromatic heterocycles. The average Bonchev–Trinajstić information content (AvgIpc) is 2.72. The molecular formula is C20H23FN2O4S. The van der Waals surface area contributed by atoms with Crippen LogP contribution in [-0.2, 0) is 14.8 Å². The van der Waals surface area contributed by atoms with Crippen LogP contribution in [0.4, 0.5) is 4.39 Å². The quantitative estimate of drug-likeness (QED) is 0.739. The third-order valence-electron chi connectivity index (χ3n) is 4.67. The van der Waals surface area contributed by atoms with Crippen molar-refractivity contribution in [2.75, 3.05) is 26.2 Å². The van der Waals surface area contributed by atoms with Gasteiger partial charge >= 0.3 is 0 Å². The van der Waals surface area contributed by atoms with Gasteiger partial charge in [0.1, 0.15) is 16.5 Å². The molecule has 0 spiro atoms. The Balaban J connectivity index is 1.64. The Kier molecular flexibility index (Phi) is 6.31. The zero-order valence-electron chi connectivity index (χ0n) is 15.6. The highest BCUT2D eigenvalue weighted by atomic mass is 32.2. The molecule has 2 aromatic carbocycles. The van der Waals surface area contributed by atoms with Gasteiger partial charge in [0.2, 0.25) is 10.0 Å². The van der Waals surface area contributed by atoms with Crippen LogP contribution in [0.1, 0.15) is 13.3 Å². The molecule has 8 heteroatoms. The zero-order valence-corrected chi connectivity index (χ0v) is 16.4. The Morgan fingerprint density at radius 1 is 1.04 bits per heavy atom. The van der Waals surface area contributed by atoms with Crippen LogP contribution in [-0.4, -0.2) is 55.8 Å². The molecule has 2 aromatic rings. The lowest BCUT2D eigenvalue weighted by atomic mass is 10.2. The van der Waals surface area contributed by atoms with Gasteiger partial charge in [0, 0.05) is 26.2 Å². The Bertz CT molecular complexity index is 913. The van der Waals surface area contributed by atoms with Crippen LogP contribution in [0.5, 0.6) is 5.75 Å². The van der Waals surface area contributed by atoms with Crippen molar-refractivity contribution in [2.24, 2.45) is 0 Å². The molecule has 1 amide bonds. The molecule has 1 saturated heterocycles. The lowest BCUT2D eigenvalue weighted by Crippen LogP contribution is -2.53. The van der Waals surface area contributed by atoms with Crippen molar-refractivity contribution in [2.45, 2.75) is 24.3 Å². The van der Waals surface area contributed by atoms with E-state index in [9.17, 15) is 17.6 Å². The van der Waals surface area contributed by atoms with E-state index in [1.807, 2.05) is 25.1 Å². The van der Waals surface area contributed by atoms with Gasteiger partial charge in [-0.1, -0.05) is 37.3 Å². The Morgan fingerprint density at radius 3 is 2.25 bits per heavy atom. The second-order valence-corrected chi connectivity index (χ2v) is 8.39. The van der Waals surface area contributed by atoms with Crippen LogP contribution in [0.25, 0.3) is 0 Å². The molecule has 0 radical (unpaired) electrons. The van der Waals surface area contributed by atoms with Crippen LogP contribution >= 0.6 is 0 Å². The lowest BCUT2D eigenvalue weighted by molar-refractivity contribution is -0.140. The maximum atomic E-state index is 13.9. The summed E-state index contributed by atoms with van der Waals surface area (Å²) in [7, 11) is -3.93. The van der Waals surface area contributed by atoms with Crippen molar-refractivity contribution in [3.05, 3.63) is 60.4 Å². The third kappa shape index (κ3) is 4.34. The van der Waals surface area contributed by atoms with Crippen LogP contribution in [0.3, 0.4) is 0 Å². The number of sulfonamides is 1. The Hall–Kier alpha value is -2.45. The summed E-state index contributed by atoms with van der Waals surface area (Å²) in [5.41, 5.74) is 0. The minimum atomic E-state index is -3.93. The number of carbonyl (C=O) groups is 1. The summed E-state index contributed by atoms with van der Waals surface area (Å²) >= 11 is 0. The molecule has 6 nitrogen and oxygen atoms in total. The first-order valence-electron chi connectivity index (χ1n) is 9.18. The van der Waals surface area contributed by atoms with Crippen molar-refractivity contribution in [3.8, 4) is 5.75 Å². The van der Waals surface area contributed by atoms with Gasteiger partial charge in [-0.25, -0.2) is 12.8 Å². The number of halogens is 1. The van der Waals surface area contributed by atoms with E-state index in [0.717, 1.165) is 6.07 Å². The van der Waals surface area contributed by atoms with Gasteiger partial charge in [-0.05, 0) is 30.7 Å². The predicted octanol–water partition coefficient (Wildman–Crippen LogP) is 2.52. The molecule has 0 N–H and O–H groups in total. The topological polar surface area (TPSA) is 66.9 Å². The highest BCUT2D eigenvalue weighted by molar-refractivity contribution is 7.89. The molecule has 0 unspecified atom stereocenters. The van der Waals surface area contributed by atoms with E-state index in [0.29, 0.717) is 12.2 Å². The molecule has 0 bridgehead atoms. The Morgan fingerprint density at radius 2 is 1.64 bits per heavy atom. The fraction of sp³-hybridized carbons (Fsp3) is 0.350.